The molecule has 0 aliphatic heterocycles. The Bertz CT molecular complexity index is 1210. The van der Waals surface area contributed by atoms with Gasteiger partial charge in [-0.15, -0.1) is 0 Å². The molecule has 0 radical (unpaired) electrons. The maximum atomic E-state index is 12.8. The lowest BCUT2D eigenvalue weighted by molar-refractivity contribution is -0.143. The molecule has 0 saturated carbocycles. The molecule has 0 heterocycles. The smallest absolute Gasteiger partial charge is 0.306 e. The number of halogens is 1. The molecule has 0 fully saturated rings. The van der Waals surface area contributed by atoms with Gasteiger partial charge in [-0.2, -0.15) is 0 Å². The van der Waals surface area contributed by atoms with Crippen molar-refractivity contribution in [3.05, 3.63) is 94.5 Å². The predicted molar refractivity (Wildman–Crippen MR) is 127 cm³/mol. The number of anilines is 1. The second kappa shape index (κ2) is 11.8. The van der Waals surface area contributed by atoms with Gasteiger partial charge in [-0.1, -0.05) is 54.1 Å². The van der Waals surface area contributed by atoms with Gasteiger partial charge in [-0.05, 0) is 30.3 Å². The fourth-order valence-electron chi connectivity index (χ4n) is 3.08. The Morgan fingerprint density at radius 3 is 2.32 bits per heavy atom. The average molecular weight is 480 g/mol. The van der Waals surface area contributed by atoms with Gasteiger partial charge in [0, 0.05) is 28.1 Å². The van der Waals surface area contributed by atoms with E-state index in [9.17, 15) is 19.2 Å². The summed E-state index contributed by atoms with van der Waals surface area (Å²) in [6, 6.07) is 19.6. The summed E-state index contributed by atoms with van der Waals surface area (Å²) in [5.74, 6) is -1.35. The summed E-state index contributed by atoms with van der Waals surface area (Å²) in [6.45, 7) is -0.444. The molecule has 8 heteroatoms. The molecule has 3 rings (SSSR count). The van der Waals surface area contributed by atoms with Crippen LogP contribution in [0, 0.1) is 0 Å². The number of Topliss-reactive ketones (excluding diaryl/α,β-unsaturated/α-hetero) is 1. The predicted octanol–water partition coefficient (Wildman–Crippen LogP) is 4.72. The molecule has 7 nitrogen and oxygen atoms in total. The Balaban J connectivity index is 1.54. The van der Waals surface area contributed by atoms with Crippen molar-refractivity contribution in [2.75, 3.05) is 19.0 Å². The highest BCUT2D eigenvalue weighted by atomic mass is 35.5. The lowest BCUT2D eigenvalue weighted by Gasteiger charge is -2.11. The molecular weight excluding hydrogens is 458 g/mol. The molecule has 1 amide bonds. The van der Waals surface area contributed by atoms with E-state index < -0.39 is 18.5 Å². The largest absolute Gasteiger partial charge is 0.497 e. The van der Waals surface area contributed by atoms with E-state index in [4.69, 9.17) is 21.1 Å². The van der Waals surface area contributed by atoms with Crippen LogP contribution in [0.4, 0.5) is 5.69 Å². The van der Waals surface area contributed by atoms with E-state index in [1.54, 1.807) is 60.7 Å². The van der Waals surface area contributed by atoms with Crippen molar-refractivity contribution in [3.63, 3.8) is 0 Å². The molecule has 0 saturated heterocycles. The summed E-state index contributed by atoms with van der Waals surface area (Å²) >= 11 is 6.05. The van der Waals surface area contributed by atoms with E-state index >= 15 is 0 Å². The van der Waals surface area contributed by atoms with Crippen LogP contribution in [-0.2, 0) is 14.3 Å². The van der Waals surface area contributed by atoms with Crippen molar-refractivity contribution >= 4 is 40.7 Å². The number of benzene rings is 3. The summed E-state index contributed by atoms with van der Waals surface area (Å²) in [6.07, 6.45) is -0.416. The first kappa shape index (κ1) is 24.7. The minimum Gasteiger partial charge on any atom is -0.497 e. The molecule has 1 N–H and O–H groups in total. The van der Waals surface area contributed by atoms with Crippen molar-refractivity contribution in [2.24, 2.45) is 0 Å². The van der Waals surface area contributed by atoms with Crippen molar-refractivity contribution in [2.45, 2.75) is 12.8 Å². The Hall–Kier alpha value is -3.97. The highest BCUT2D eigenvalue weighted by molar-refractivity contribution is 6.31. The third-order valence-corrected chi connectivity index (χ3v) is 5.08. The summed E-state index contributed by atoms with van der Waals surface area (Å²) < 4.78 is 10.1. The van der Waals surface area contributed by atoms with E-state index in [2.05, 4.69) is 5.32 Å². The number of nitrogens with one attached hydrogen (secondary N) is 1. The summed E-state index contributed by atoms with van der Waals surface area (Å²) in [7, 11) is 1.49. The standard InChI is InChI=1S/C26H22ClNO6/c1-33-20-9-5-8-18(14-20)23(29)16-34-25(31)13-12-24(30)28-22-11-10-19(27)15-21(22)26(32)17-6-3-2-4-7-17/h2-11,14-15H,12-13,16H2,1H3,(H,28,30). The Morgan fingerprint density at radius 1 is 0.853 bits per heavy atom. The van der Waals surface area contributed by atoms with Crippen LogP contribution < -0.4 is 10.1 Å². The molecule has 34 heavy (non-hydrogen) atoms. The minimum absolute atomic E-state index is 0.187. The molecule has 0 unspecified atom stereocenters. The maximum Gasteiger partial charge on any atom is 0.306 e. The number of amides is 1. The second-order valence-electron chi connectivity index (χ2n) is 7.25. The van der Waals surface area contributed by atoms with Gasteiger partial charge in [0.15, 0.2) is 18.2 Å². The molecule has 0 spiro atoms. The number of rotatable bonds is 10. The van der Waals surface area contributed by atoms with Gasteiger partial charge in [0.05, 0.1) is 19.2 Å². The van der Waals surface area contributed by atoms with Crippen molar-refractivity contribution in [1.29, 1.82) is 0 Å². The van der Waals surface area contributed by atoms with Gasteiger partial charge >= 0.3 is 5.97 Å². The topological polar surface area (TPSA) is 98.8 Å². The number of methoxy groups -OCH3 is 1. The molecule has 3 aromatic rings. The van der Waals surface area contributed by atoms with Crippen LogP contribution in [0.1, 0.15) is 39.1 Å². The van der Waals surface area contributed by atoms with Crippen LogP contribution in [0.15, 0.2) is 72.8 Å². The van der Waals surface area contributed by atoms with Crippen LogP contribution in [0.2, 0.25) is 5.02 Å². The summed E-state index contributed by atoms with van der Waals surface area (Å²) in [4.78, 5) is 49.4. The van der Waals surface area contributed by atoms with Crippen molar-refractivity contribution in [3.8, 4) is 5.75 Å². The highest BCUT2D eigenvalue weighted by Gasteiger charge is 2.17. The van der Waals surface area contributed by atoms with Crippen LogP contribution in [0.5, 0.6) is 5.75 Å². The number of esters is 1. The van der Waals surface area contributed by atoms with Gasteiger partial charge in [0.1, 0.15) is 5.75 Å². The Labute approximate surface area is 201 Å². The summed E-state index contributed by atoms with van der Waals surface area (Å²) in [5.41, 5.74) is 1.32. The van der Waals surface area contributed by atoms with Gasteiger partial charge in [-0.3, -0.25) is 19.2 Å². The van der Waals surface area contributed by atoms with E-state index in [1.807, 2.05) is 0 Å². The zero-order valence-electron chi connectivity index (χ0n) is 18.4. The first-order chi connectivity index (χ1) is 16.4. The SMILES string of the molecule is COc1cccc(C(=O)COC(=O)CCC(=O)Nc2ccc(Cl)cc2C(=O)c2ccccc2)c1. The normalized spacial score (nSPS) is 10.3. The van der Waals surface area contributed by atoms with Gasteiger partial charge < -0.3 is 14.8 Å². The number of carbonyl (C=O) groups is 4. The summed E-state index contributed by atoms with van der Waals surface area (Å²) in [5, 5.41) is 2.99. The molecule has 0 aliphatic rings. The number of hydrogen-bond donors (Lipinski definition) is 1. The fourth-order valence-corrected chi connectivity index (χ4v) is 3.26. The van der Waals surface area contributed by atoms with Crippen molar-refractivity contribution < 1.29 is 28.7 Å². The van der Waals surface area contributed by atoms with Gasteiger partial charge in [0.2, 0.25) is 5.91 Å². The number of ketones is 2. The lowest BCUT2D eigenvalue weighted by atomic mass is 10.0. The zero-order chi connectivity index (χ0) is 24.5. The zero-order valence-corrected chi connectivity index (χ0v) is 19.1. The third kappa shape index (κ3) is 6.76. The lowest BCUT2D eigenvalue weighted by Crippen LogP contribution is -2.18. The number of carbonyl (C=O) groups excluding carboxylic acids is 4. The quantitative estimate of drug-likeness (QED) is 0.333. The Kier molecular flexibility index (Phi) is 8.54. The molecule has 174 valence electrons. The van der Waals surface area contributed by atoms with E-state index in [-0.39, 0.29) is 35.7 Å². The fraction of sp³-hybridized carbons (Fsp3) is 0.154. The molecule has 0 aliphatic carbocycles. The maximum absolute atomic E-state index is 12.8. The van der Waals surface area contributed by atoms with Crippen LogP contribution in [0.3, 0.4) is 0 Å². The van der Waals surface area contributed by atoms with E-state index in [0.29, 0.717) is 21.9 Å². The molecule has 3 aromatic carbocycles. The Morgan fingerprint density at radius 2 is 1.59 bits per heavy atom. The second-order valence-corrected chi connectivity index (χ2v) is 7.69. The molecule has 0 aromatic heterocycles. The molecule has 0 atom stereocenters. The first-order valence-corrected chi connectivity index (χ1v) is 10.8. The average Bonchev–Trinajstić information content (AvgIpc) is 2.87. The number of ether oxygens (including phenoxy) is 2. The third-order valence-electron chi connectivity index (χ3n) is 4.85. The minimum atomic E-state index is -0.692. The highest BCUT2D eigenvalue weighted by Crippen LogP contribution is 2.24. The van der Waals surface area contributed by atoms with Crippen molar-refractivity contribution in [1.82, 2.24) is 0 Å². The van der Waals surface area contributed by atoms with Crippen LogP contribution in [-0.4, -0.2) is 37.2 Å². The monoisotopic (exact) mass is 479 g/mol. The first-order valence-electron chi connectivity index (χ1n) is 10.4. The molecule has 0 bridgehead atoms. The van der Waals surface area contributed by atoms with Crippen LogP contribution >= 0.6 is 11.6 Å². The van der Waals surface area contributed by atoms with Gasteiger partial charge in [0.25, 0.3) is 0 Å². The van der Waals surface area contributed by atoms with E-state index in [0.717, 1.165) is 0 Å². The number of hydrogen-bond acceptors (Lipinski definition) is 6. The molecular formula is C26H22ClNO6. The van der Waals surface area contributed by atoms with E-state index in [1.165, 1.54) is 19.2 Å². The van der Waals surface area contributed by atoms with Gasteiger partial charge in [-0.25, -0.2) is 0 Å². The van der Waals surface area contributed by atoms with Crippen LogP contribution in [0.25, 0.3) is 0 Å².